The van der Waals surface area contributed by atoms with E-state index in [1.807, 2.05) is 0 Å². The van der Waals surface area contributed by atoms with E-state index in [4.69, 9.17) is 0 Å². The van der Waals surface area contributed by atoms with Gasteiger partial charge in [-0.15, -0.1) is 4.48 Å². The molecule has 0 spiro atoms. The topological polar surface area (TPSA) is 3.24 Å². The molecule has 1 aliphatic rings. The Labute approximate surface area is 50.8 Å². The zero-order valence-corrected chi connectivity index (χ0v) is 5.40. The summed E-state index contributed by atoms with van der Waals surface area (Å²) in [5, 5.41) is 0. The molecule has 0 bridgehead atoms. The van der Waals surface area contributed by atoms with Gasteiger partial charge in [-0.2, -0.15) is 0 Å². The van der Waals surface area contributed by atoms with Crippen LogP contribution in [-0.2, 0) is 0 Å². The van der Waals surface area contributed by atoms with Gasteiger partial charge >= 0.3 is 0 Å². The zero-order valence-electron chi connectivity index (χ0n) is 3.76. The van der Waals surface area contributed by atoms with Gasteiger partial charge in [-0.25, -0.2) is 0 Å². The van der Waals surface area contributed by atoms with E-state index >= 15 is 0 Å². The molecular formula is C3H6FNS2. The molecule has 0 aromatic heterocycles. The van der Waals surface area contributed by atoms with Crippen LogP contribution in [-0.4, -0.2) is 15.4 Å². The maximum absolute atomic E-state index is 11.9. The Morgan fingerprint density at radius 3 is 2.14 bits per heavy atom. The minimum atomic E-state index is 0.726. The van der Waals surface area contributed by atoms with Gasteiger partial charge in [-0.3, -0.25) is 0 Å². The van der Waals surface area contributed by atoms with E-state index in [9.17, 15) is 4.48 Å². The van der Waals surface area contributed by atoms with Crippen LogP contribution in [0.2, 0.25) is 0 Å². The largest absolute Gasteiger partial charge is 0.111 e. The smallest absolute Gasteiger partial charge is 0.0123 e. The molecule has 1 fully saturated rings. The fraction of sp³-hybridized carbons (Fsp3) is 1.00. The molecule has 7 heavy (non-hydrogen) atoms. The quantitative estimate of drug-likeness (QED) is 0.372. The minimum Gasteiger partial charge on any atom is -0.111 e. The monoisotopic (exact) mass is 139 g/mol. The van der Waals surface area contributed by atoms with E-state index in [0.717, 1.165) is 21.9 Å². The summed E-state index contributed by atoms with van der Waals surface area (Å²) >= 11 is 2.50. The molecule has 4 heteroatoms. The maximum atomic E-state index is 11.9. The molecule has 1 rings (SSSR count). The molecule has 0 aromatic rings. The third kappa shape index (κ3) is 1.88. The van der Waals surface area contributed by atoms with Crippen molar-refractivity contribution in [3.05, 3.63) is 0 Å². The van der Waals surface area contributed by atoms with Crippen LogP contribution in [0.15, 0.2) is 0 Å². The molecule has 0 aromatic carbocycles. The lowest BCUT2D eigenvalue weighted by Crippen LogP contribution is -2.02. The second-order valence-corrected chi connectivity index (χ2v) is 3.44. The van der Waals surface area contributed by atoms with Crippen molar-refractivity contribution in [2.75, 3.05) is 11.5 Å². The fourth-order valence-corrected chi connectivity index (χ4v) is 2.13. The van der Waals surface area contributed by atoms with Crippen molar-refractivity contribution in [2.45, 2.75) is 6.42 Å². The first kappa shape index (κ1) is 5.72. The molecule has 1 saturated heterocycles. The van der Waals surface area contributed by atoms with E-state index in [1.165, 1.54) is 23.9 Å². The van der Waals surface area contributed by atoms with Crippen LogP contribution in [0.4, 0.5) is 4.48 Å². The normalized spacial score (nSPS) is 25.3. The summed E-state index contributed by atoms with van der Waals surface area (Å²) in [5.74, 6) is 1.87. The van der Waals surface area contributed by atoms with Crippen molar-refractivity contribution in [3.63, 3.8) is 0 Å². The Morgan fingerprint density at radius 2 is 1.86 bits per heavy atom. The molecule has 0 amide bonds. The average Bonchev–Trinajstić information content (AvgIpc) is 1.69. The number of hydrogen-bond acceptors (Lipinski definition) is 3. The van der Waals surface area contributed by atoms with Crippen LogP contribution in [0, 0.1) is 0 Å². The van der Waals surface area contributed by atoms with Crippen molar-refractivity contribution in [2.24, 2.45) is 0 Å². The van der Waals surface area contributed by atoms with Crippen molar-refractivity contribution >= 4 is 23.9 Å². The van der Waals surface area contributed by atoms with E-state index < -0.39 is 0 Å². The summed E-state index contributed by atoms with van der Waals surface area (Å²) < 4.78 is 12.7. The summed E-state index contributed by atoms with van der Waals surface area (Å²) in [7, 11) is 0. The van der Waals surface area contributed by atoms with Gasteiger partial charge in [0.25, 0.3) is 0 Å². The first-order valence-electron chi connectivity index (χ1n) is 2.11. The van der Waals surface area contributed by atoms with Crippen LogP contribution < -0.4 is 0 Å². The van der Waals surface area contributed by atoms with Crippen LogP contribution in [0.3, 0.4) is 0 Å². The number of nitrogens with zero attached hydrogens (tertiary/aromatic N) is 1. The lowest BCUT2D eigenvalue weighted by molar-refractivity contribution is 0.300. The predicted molar refractivity (Wildman–Crippen MR) is 32.5 cm³/mol. The van der Waals surface area contributed by atoms with Gasteiger partial charge in [0.15, 0.2) is 0 Å². The Hall–Kier alpha value is 0.590. The van der Waals surface area contributed by atoms with Gasteiger partial charge < -0.3 is 0 Å². The van der Waals surface area contributed by atoms with E-state index in [2.05, 4.69) is 0 Å². The molecule has 0 saturated carbocycles. The second-order valence-electron chi connectivity index (χ2n) is 1.23. The van der Waals surface area contributed by atoms with E-state index in [-0.39, 0.29) is 0 Å². The summed E-state index contributed by atoms with van der Waals surface area (Å²) in [6.45, 7) is 0. The lowest BCUT2D eigenvalue weighted by Gasteiger charge is -2.13. The van der Waals surface area contributed by atoms with Gasteiger partial charge in [0.1, 0.15) is 0 Å². The molecule has 1 heterocycles. The van der Waals surface area contributed by atoms with E-state index in [1.54, 1.807) is 0 Å². The van der Waals surface area contributed by atoms with Gasteiger partial charge in [0, 0.05) is 11.5 Å². The molecule has 0 radical (unpaired) electrons. The average molecular weight is 139 g/mol. The Kier molecular flexibility index (Phi) is 2.28. The molecule has 0 unspecified atom stereocenters. The van der Waals surface area contributed by atoms with Gasteiger partial charge in [-0.1, -0.05) is 0 Å². The standard InChI is InChI=1S/C3H6FNS2/c4-5-6-2-1-3-7-5/h1-3H2. The highest BCUT2D eigenvalue weighted by Crippen LogP contribution is 2.28. The van der Waals surface area contributed by atoms with E-state index in [0.29, 0.717) is 0 Å². The summed E-state index contributed by atoms with van der Waals surface area (Å²) in [5.41, 5.74) is 0. The third-order valence-corrected chi connectivity index (χ3v) is 2.66. The number of rotatable bonds is 0. The van der Waals surface area contributed by atoms with Crippen LogP contribution >= 0.6 is 23.9 Å². The molecule has 0 N–H and O–H groups in total. The number of halogens is 1. The SMILES string of the molecule is FN1SCCCS1. The van der Waals surface area contributed by atoms with Crippen LogP contribution in [0.25, 0.3) is 0 Å². The molecule has 0 atom stereocenters. The van der Waals surface area contributed by atoms with Crippen molar-refractivity contribution < 1.29 is 4.48 Å². The molecule has 1 aliphatic heterocycles. The highest BCUT2D eigenvalue weighted by molar-refractivity contribution is 8.12. The summed E-state index contributed by atoms with van der Waals surface area (Å²) in [6, 6.07) is 0. The highest BCUT2D eigenvalue weighted by atomic mass is 32.2. The summed E-state index contributed by atoms with van der Waals surface area (Å²) in [6.07, 6.45) is 1.13. The van der Waals surface area contributed by atoms with Crippen LogP contribution in [0.5, 0.6) is 0 Å². The first-order chi connectivity index (χ1) is 3.39. The minimum absolute atomic E-state index is 0.726. The van der Waals surface area contributed by atoms with Gasteiger partial charge in [0.05, 0.1) is 0 Å². The Bertz CT molecular complexity index is 54.9. The Morgan fingerprint density at radius 1 is 1.29 bits per heavy atom. The second kappa shape index (κ2) is 2.79. The molecule has 0 aliphatic carbocycles. The predicted octanol–water partition coefficient (Wildman–Crippen LogP) is 1.87. The van der Waals surface area contributed by atoms with Crippen LogP contribution in [0.1, 0.15) is 6.42 Å². The maximum Gasteiger partial charge on any atom is 0.0123 e. The number of hydrogen-bond donors (Lipinski definition) is 0. The molecule has 1 nitrogen and oxygen atoms in total. The zero-order chi connectivity index (χ0) is 5.11. The lowest BCUT2D eigenvalue weighted by atomic mass is 10.6. The van der Waals surface area contributed by atoms with Crippen molar-refractivity contribution in [1.29, 1.82) is 0 Å². The van der Waals surface area contributed by atoms with Gasteiger partial charge in [0.2, 0.25) is 0 Å². The Balaban J connectivity index is 2.12. The first-order valence-corrected chi connectivity index (χ1v) is 4.00. The molecular weight excluding hydrogens is 133 g/mol. The molecule has 42 valence electrons. The van der Waals surface area contributed by atoms with Gasteiger partial charge in [-0.05, 0) is 34.2 Å². The third-order valence-electron chi connectivity index (χ3n) is 0.674. The van der Waals surface area contributed by atoms with Crippen molar-refractivity contribution in [1.82, 2.24) is 3.93 Å². The highest BCUT2D eigenvalue weighted by Gasteiger charge is 2.08. The van der Waals surface area contributed by atoms with Crippen molar-refractivity contribution in [3.8, 4) is 0 Å². The fourth-order valence-electron chi connectivity index (χ4n) is 0.369. The summed E-state index contributed by atoms with van der Waals surface area (Å²) in [4.78, 5) is 0.